The summed E-state index contributed by atoms with van der Waals surface area (Å²) in [5, 5.41) is 3.23. The maximum absolute atomic E-state index is 7.50. The fourth-order valence-corrected chi connectivity index (χ4v) is 20.1. The van der Waals surface area contributed by atoms with E-state index in [2.05, 4.69) is 163 Å². The lowest BCUT2D eigenvalue weighted by molar-refractivity contribution is 0.552. The van der Waals surface area contributed by atoms with Crippen molar-refractivity contribution in [2.24, 2.45) is 0 Å². The van der Waals surface area contributed by atoms with Gasteiger partial charge in [-0.05, 0) is 103 Å². The third-order valence-electron chi connectivity index (χ3n) is 9.30. The van der Waals surface area contributed by atoms with E-state index < -0.39 is 13.3 Å². The molecule has 0 nitrogen and oxygen atoms in total. The van der Waals surface area contributed by atoms with Gasteiger partial charge in [0.25, 0.3) is 0 Å². The molecule has 0 aromatic heterocycles. The smallest absolute Gasteiger partial charge is 0.00942 e. The molecule has 0 saturated heterocycles. The van der Waals surface area contributed by atoms with Gasteiger partial charge in [-0.15, -0.1) is 0 Å². The predicted octanol–water partition coefficient (Wildman–Crippen LogP) is 13.1. The van der Waals surface area contributed by atoms with Crippen LogP contribution in [-0.2, 0) is 44.3 Å². The second-order valence-electron chi connectivity index (χ2n) is 19.8. The molecule has 0 fully saturated rings. The quantitative estimate of drug-likeness (QED) is 0.264. The lowest BCUT2D eigenvalue weighted by atomic mass is 9.75. The van der Waals surface area contributed by atoms with Crippen molar-refractivity contribution < 1.29 is 0 Å². The number of benzene rings is 2. The van der Waals surface area contributed by atoms with E-state index in [-0.39, 0.29) is 32.5 Å². The molecule has 0 radical (unpaired) electrons. The summed E-state index contributed by atoms with van der Waals surface area (Å²) in [6.07, 6.45) is 4.65. The molecule has 0 aliphatic carbocycles. The van der Waals surface area contributed by atoms with Crippen LogP contribution in [0.15, 0.2) is 24.3 Å². The predicted molar refractivity (Wildman–Crippen MR) is 216 cm³/mol. The molecule has 3 heteroatoms. The van der Waals surface area contributed by atoms with Crippen LogP contribution in [-0.4, -0.2) is 12.3 Å². The topological polar surface area (TPSA) is 0 Å². The van der Waals surface area contributed by atoms with Gasteiger partial charge in [-0.3, -0.25) is 0 Å². The Balaban J connectivity index is 3.39. The van der Waals surface area contributed by atoms with Gasteiger partial charge in [0.15, 0.2) is 0 Å². The van der Waals surface area contributed by atoms with Gasteiger partial charge in [0.05, 0.1) is 0 Å². The SMILES string of the molecule is CCCCP(=S)(c1c(C(C)(C)C)cc(C(C)(C)C)cc1C(C)(C)C)P(CC)c1c(C(C)(C)C)cc(C(C)(C)C)cc1C(C)(C)C. The molecule has 0 aliphatic rings. The lowest BCUT2D eigenvalue weighted by Gasteiger charge is -2.44. The van der Waals surface area contributed by atoms with Gasteiger partial charge < -0.3 is 0 Å². The van der Waals surface area contributed by atoms with Gasteiger partial charge >= 0.3 is 0 Å². The molecule has 45 heavy (non-hydrogen) atoms. The van der Waals surface area contributed by atoms with Crippen LogP contribution in [0.1, 0.15) is 185 Å². The second-order valence-corrected chi connectivity index (χ2v) is 30.2. The zero-order valence-corrected chi connectivity index (χ0v) is 36.0. The highest BCUT2D eigenvalue weighted by atomic mass is 32.6. The maximum atomic E-state index is 7.50. The fraction of sp³-hybridized carbons (Fsp3) is 0.714. The Bertz CT molecular complexity index is 1310. The minimum Gasteiger partial charge on any atom is -0.0874 e. The monoisotopic (exact) mass is 670 g/mol. The number of hydrogen-bond acceptors (Lipinski definition) is 1. The Morgan fingerprint density at radius 1 is 0.511 bits per heavy atom. The van der Waals surface area contributed by atoms with Gasteiger partial charge in [0, 0.05) is 5.73 Å². The van der Waals surface area contributed by atoms with E-state index in [1.807, 2.05) is 0 Å². The second kappa shape index (κ2) is 13.4. The summed E-state index contributed by atoms with van der Waals surface area (Å²) >= 11 is 7.50. The van der Waals surface area contributed by atoms with E-state index in [1.165, 1.54) is 35.1 Å². The highest BCUT2D eigenvalue weighted by Crippen LogP contribution is 2.76. The molecule has 256 valence electrons. The van der Waals surface area contributed by atoms with Gasteiger partial charge in [-0.1, -0.05) is 181 Å². The molecule has 0 aliphatic heterocycles. The summed E-state index contributed by atoms with van der Waals surface area (Å²) in [6, 6.07) is 10.3. The van der Waals surface area contributed by atoms with E-state index in [0.29, 0.717) is 0 Å². The molecule has 0 heterocycles. The van der Waals surface area contributed by atoms with Crippen molar-refractivity contribution in [1.29, 1.82) is 0 Å². The van der Waals surface area contributed by atoms with E-state index in [0.717, 1.165) is 12.3 Å². The Labute approximate surface area is 288 Å². The Morgan fingerprint density at radius 2 is 0.822 bits per heavy atom. The van der Waals surface area contributed by atoms with Gasteiger partial charge in [-0.2, -0.15) is 0 Å². The molecule has 2 aromatic rings. The van der Waals surface area contributed by atoms with Crippen LogP contribution >= 0.6 is 13.3 Å². The van der Waals surface area contributed by atoms with Crippen LogP contribution in [0.25, 0.3) is 0 Å². The first-order chi connectivity index (χ1) is 19.9. The van der Waals surface area contributed by atoms with Crippen molar-refractivity contribution in [2.75, 3.05) is 12.3 Å². The van der Waals surface area contributed by atoms with Crippen LogP contribution < -0.4 is 10.6 Å². The molecule has 0 saturated carbocycles. The summed E-state index contributed by atoms with van der Waals surface area (Å²) in [5.74, 6) is 0. The van der Waals surface area contributed by atoms with Crippen molar-refractivity contribution in [3.8, 4) is 0 Å². The average Bonchev–Trinajstić information content (AvgIpc) is 2.83. The molecular weight excluding hydrogens is 598 g/mol. The molecule has 0 N–H and O–H groups in total. The minimum atomic E-state index is -2.11. The van der Waals surface area contributed by atoms with E-state index in [1.54, 1.807) is 21.7 Å². The minimum absolute atomic E-state index is 0.00256. The molecule has 2 rings (SSSR count). The van der Waals surface area contributed by atoms with Crippen LogP contribution in [0.5, 0.6) is 0 Å². The average molecular weight is 671 g/mol. The summed E-state index contributed by atoms with van der Waals surface area (Å²) in [6.45, 7) is 48.2. The fourth-order valence-electron chi connectivity index (χ4n) is 6.35. The summed E-state index contributed by atoms with van der Waals surface area (Å²) in [7, 11) is -0.644. The normalized spacial score (nSPS) is 16.1. The van der Waals surface area contributed by atoms with E-state index in [4.69, 9.17) is 11.8 Å². The summed E-state index contributed by atoms with van der Waals surface area (Å²) in [5.41, 5.74) is 7.09. The first-order valence-corrected chi connectivity index (χ1v) is 22.9. The van der Waals surface area contributed by atoms with Crippen molar-refractivity contribution in [1.82, 2.24) is 0 Å². The lowest BCUT2D eigenvalue weighted by Crippen LogP contribution is -2.36. The molecule has 0 spiro atoms. The molecular formula is C42H72P2S. The zero-order valence-electron chi connectivity index (χ0n) is 33.4. The van der Waals surface area contributed by atoms with Crippen LogP contribution in [0.4, 0.5) is 0 Å². The highest BCUT2D eigenvalue weighted by Gasteiger charge is 2.42. The standard InChI is InChI=1S/C42H72P2S/c1-21-23-24-44(45,36-33(41(15,16)17)27-30(38(6,7)8)28-34(36)42(18,19)20)43(22-2)35-31(39(9,10)11)25-29(37(3,4)5)26-32(35)40(12,13)14/h25-28H,21-24H2,1-20H3. The molecule has 2 atom stereocenters. The van der Waals surface area contributed by atoms with Crippen LogP contribution in [0.3, 0.4) is 0 Å². The number of unbranched alkanes of at least 4 members (excludes halogenated alkanes) is 1. The van der Waals surface area contributed by atoms with Crippen LogP contribution in [0.2, 0.25) is 0 Å². The van der Waals surface area contributed by atoms with Gasteiger partial charge in [-0.25, -0.2) is 0 Å². The molecule has 0 bridgehead atoms. The first kappa shape index (κ1) is 40.7. The van der Waals surface area contributed by atoms with Crippen LogP contribution in [0, 0.1) is 0 Å². The Kier molecular flexibility index (Phi) is 12.2. The highest BCUT2D eigenvalue weighted by molar-refractivity contribution is 8.57. The van der Waals surface area contributed by atoms with Crippen molar-refractivity contribution in [2.45, 2.75) is 184 Å². The third-order valence-corrected chi connectivity index (χ3v) is 21.6. The Morgan fingerprint density at radius 3 is 1.07 bits per heavy atom. The number of rotatable bonds is 7. The third kappa shape index (κ3) is 9.16. The van der Waals surface area contributed by atoms with E-state index in [9.17, 15) is 0 Å². The van der Waals surface area contributed by atoms with E-state index >= 15 is 0 Å². The Hall–Kier alpha value is -0.480. The molecule has 2 unspecified atom stereocenters. The van der Waals surface area contributed by atoms with Crippen molar-refractivity contribution >= 4 is 35.8 Å². The van der Waals surface area contributed by atoms with Crippen molar-refractivity contribution in [3.05, 3.63) is 57.6 Å². The molecule has 0 amide bonds. The summed E-state index contributed by atoms with van der Waals surface area (Å²) in [4.78, 5) is 0. The van der Waals surface area contributed by atoms with Crippen molar-refractivity contribution in [3.63, 3.8) is 0 Å². The maximum Gasteiger partial charge on any atom is 0.00942 e. The molecule has 2 aromatic carbocycles. The van der Waals surface area contributed by atoms with Gasteiger partial charge in [0.2, 0.25) is 0 Å². The summed E-state index contributed by atoms with van der Waals surface area (Å²) < 4.78 is 0. The first-order valence-electron chi connectivity index (χ1n) is 17.7. The largest absolute Gasteiger partial charge is 0.0874 e. The zero-order chi connectivity index (χ0) is 35.4. The number of hydrogen-bond donors (Lipinski definition) is 0. The van der Waals surface area contributed by atoms with Gasteiger partial charge in [0.1, 0.15) is 0 Å².